The van der Waals surface area contributed by atoms with Crippen LogP contribution in [-0.2, 0) is 14.6 Å². The van der Waals surface area contributed by atoms with Crippen LogP contribution in [0.2, 0.25) is 0 Å². The molecule has 0 aromatic carbocycles. The fourth-order valence-corrected chi connectivity index (χ4v) is 5.51. The summed E-state index contributed by atoms with van der Waals surface area (Å²) in [6.45, 7) is 5.97. The quantitative estimate of drug-likeness (QED) is 0.549. The van der Waals surface area contributed by atoms with Crippen molar-refractivity contribution in [1.29, 1.82) is 0 Å². The number of nitrogens with zero attached hydrogens (tertiary/aromatic N) is 2. The molecule has 0 spiro atoms. The van der Waals surface area contributed by atoms with Crippen molar-refractivity contribution in [3.05, 3.63) is 12.7 Å². The maximum Gasteiger partial charge on any atom is 0.233 e. The van der Waals surface area contributed by atoms with Gasteiger partial charge in [0.05, 0.1) is 16.8 Å². The molecule has 1 aliphatic heterocycles. The third-order valence-corrected chi connectivity index (χ3v) is 6.86. The van der Waals surface area contributed by atoms with Gasteiger partial charge in [-0.15, -0.1) is 16.8 Å². The maximum atomic E-state index is 12.1. The van der Waals surface area contributed by atoms with E-state index in [4.69, 9.17) is 0 Å². The van der Waals surface area contributed by atoms with Crippen LogP contribution in [0.15, 0.2) is 17.0 Å². The lowest BCUT2D eigenvalue weighted by molar-refractivity contribution is -0.120. The summed E-state index contributed by atoms with van der Waals surface area (Å²) in [5, 5.41) is 14.1. The molecule has 122 valence electrons. The van der Waals surface area contributed by atoms with Gasteiger partial charge in [0.2, 0.25) is 11.0 Å². The molecule has 10 heteroatoms. The highest BCUT2D eigenvalue weighted by Crippen LogP contribution is 2.29. The van der Waals surface area contributed by atoms with Gasteiger partial charge in [-0.2, -0.15) is 0 Å². The van der Waals surface area contributed by atoms with E-state index in [1.807, 2.05) is 0 Å². The number of rotatable bonds is 7. The van der Waals surface area contributed by atoms with Gasteiger partial charge in [-0.3, -0.25) is 4.79 Å². The monoisotopic (exact) mass is 362 g/mol. The molecule has 1 aromatic heterocycles. The van der Waals surface area contributed by atoms with Crippen LogP contribution >= 0.6 is 23.1 Å². The molecule has 0 bridgehead atoms. The van der Waals surface area contributed by atoms with Gasteiger partial charge >= 0.3 is 0 Å². The molecule has 7 nitrogen and oxygen atoms in total. The van der Waals surface area contributed by atoms with E-state index in [9.17, 15) is 13.2 Å². The van der Waals surface area contributed by atoms with E-state index in [0.717, 1.165) is 0 Å². The first-order chi connectivity index (χ1) is 10.4. The molecule has 22 heavy (non-hydrogen) atoms. The van der Waals surface area contributed by atoms with Crippen LogP contribution in [0.4, 0.5) is 5.13 Å². The maximum absolute atomic E-state index is 12.1. The van der Waals surface area contributed by atoms with Gasteiger partial charge in [-0.05, 0) is 13.3 Å². The van der Waals surface area contributed by atoms with Crippen LogP contribution in [0.25, 0.3) is 0 Å². The molecule has 2 rings (SSSR count). The molecule has 2 N–H and O–H groups in total. The zero-order valence-electron chi connectivity index (χ0n) is 12.1. The molecule has 1 aliphatic rings. The predicted octanol–water partition coefficient (Wildman–Crippen LogP) is 0.920. The number of carbonyl (C=O) groups is 1. The molecule has 1 fully saturated rings. The van der Waals surface area contributed by atoms with E-state index in [1.165, 1.54) is 23.1 Å². The minimum Gasteiger partial charge on any atom is -0.357 e. The van der Waals surface area contributed by atoms with Crippen molar-refractivity contribution in [2.45, 2.75) is 29.0 Å². The molecule has 0 radical (unpaired) electrons. The van der Waals surface area contributed by atoms with Gasteiger partial charge in [0.15, 0.2) is 14.2 Å². The highest BCUT2D eigenvalue weighted by atomic mass is 32.2. The Balaban J connectivity index is 1.83. The molecule has 2 heterocycles. The number of anilines is 1. The average Bonchev–Trinajstić information content (AvgIpc) is 3.03. The van der Waals surface area contributed by atoms with Gasteiger partial charge in [0.1, 0.15) is 0 Å². The summed E-state index contributed by atoms with van der Waals surface area (Å²) in [5.74, 6) is 0.00145. The minimum atomic E-state index is -2.99. The number of amides is 1. The van der Waals surface area contributed by atoms with E-state index in [2.05, 4.69) is 27.4 Å². The summed E-state index contributed by atoms with van der Waals surface area (Å²) in [6, 6.07) is -0.278. The fraction of sp³-hybridized carbons (Fsp3) is 0.583. The molecule has 1 saturated heterocycles. The van der Waals surface area contributed by atoms with Gasteiger partial charge < -0.3 is 10.6 Å². The lowest BCUT2D eigenvalue weighted by atomic mass is 10.2. The van der Waals surface area contributed by atoms with E-state index in [0.29, 0.717) is 22.4 Å². The van der Waals surface area contributed by atoms with Crippen LogP contribution in [0, 0.1) is 0 Å². The topological polar surface area (TPSA) is 101 Å². The van der Waals surface area contributed by atoms with Crippen LogP contribution in [0.3, 0.4) is 0 Å². The van der Waals surface area contributed by atoms with E-state index >= 15 is 0 Å². The molecule has 2 unspecified atom stereocenters. The van der Waals surface area contributed by atoms with Crippen molar-refractivity contribution in [1.82, 2.24) is 15.5 Å². The average molecular weight is 363 g/mol. The smallest absolute Gasteiger partial charge is 0.233 e. The first kappa shape index (κ1) is 17.2. The SMILES string of the molecule is C=CCNc1nnc(SC(C)C(=O)NC2CCS(=O)(=O)C2)s1. The molecular weight excluding hydrogens is 344 g/mol. The van der Waals surface area contributed by atoms with Crippen LogP contribution < -0.4 is 10.6 Å². The molecular formula is C12H18N4O3S3. The van der Waals surface area contributed by atoms with Gasteiger partial charge in [0, 0.05) is 12.6 Å². The Labute approximate surface area is 137 Å². The Morgan fingerprint density at radius 2 is 2.36 bits per heavy atom. The second-order valence-electron chi connectivity index (χ2n) is 4.91. The zero-order valence-corrected chi connectivity index (χ0v) is 14.6. The van der Waals surface area contributed by atoms with Crippen molar-refractivity contribution in [3.63, 3.8) is 0 Å². The number of nitrogens with one attached hydrogen (secondary N) is 2. The second kappa shape index (κ2) is 7.42. The van der Waals surface area contributed by atoms with E-state index in [1.54, 1.807) is 13.0 Å². The molecule has 1 aromatic rings. The fourth-order valence-electron chi connectivity index (χ4n) is 1.92. The van der Waals surface area contributed by atoms with Crippen LogP contribution in [-0.4, -0.2) is 53.9 Å². The van der Waals surface area contributed by atoms with Crippen molar-refractivity contribution < 1.29 is 13.2 Å². The first-order valence-corrected chi connectivity index (χ1v) is 10.3. The number of thioether (sulfide) groups is 1. The lowest BCUT2D eigenvalue weighted by Gasteiger charge is -2.14. The third kappa shape index (κ3) is 4.96. The molecule has 1 amide bonds. The summed E-state index contributed by atoms with van der Waals surface area (Å²) in [5.41, 5.74) is 0. The molecule has 0 aliphatic carbocycles. The Morgan fingerprint density at radius 1 is 1.59 bits per heavy atom. The Bertz CT molecular complexity index is 644. The van der Waals surface area contributed by atoms with Crippen LogP contribution in [0.5, 0.6) is 0 Å². The van der Waals surface area contributed by atoms with Crippen molar-refractivity contribution >= 4 is 44.0 Å². The third-order valence-electron chi connectivity index (χ3n) is 3.03. The minimum absolute atomic E-state index is 0.0323. The van der Waals surface area contributed by atoms with Crippen molar-refractivity contribution in [2.75, 3.05) is 23.4 Å². The number of sulfone groups is 1. The Hall–Kier alpha value is -1.13. The molecule has 2 atom stereocenters. The van der Waals surface area contributed by atoms with Crippen molar-refractivity contribution in [2.24, 2.45) is 0 Å². The van der Waals surface area contributed by atoms with Gasteiger partial charge in [0.25, 0.3) is 0 Å². The first-order valence-electron chi connectivity index (χ1n) is 6.75. The van der Waals surface area contributed by atoms with Gasteiger partial charge in [-0.1, -0.05) is 29.2 Å². The van der Waals surface area contributed by atoms with E-state index in [-0.39, 0.29) is 28.7 Å². The normalized spacial score (nSPS) is 21.2. The van der Waals surface area contributed by atoms with Crippen LogP contribution in [0.1, 0.15) is 13.3 Å². The molecule has 0 saturated carbocycles. The zero-order chi connectivity index (χ0) is 16.2. The second-order valence-corrected chi connectivity index (χ2v) is 9.71. The Kier molecular flexibility index (Phi) is 5.81. The number of carbonyl (C=O) groups excluding carboxylic acids is 1. The summed E-state index contributed by atoms with van der Waals surface area (Å²) < 4.78 is 23.5. The van der Waals surface area contributed by atoms with Crippen molar-refractivity contribution in [3.8, 4) is 0 Å². The number of hydrogen-bond acceptors (Lipinski definition) is 8. The summed E-state index contributed by atoms with van der Waals surface area (Å²) in [4.78, 5) is 12.1. The highest BCUT2D eigenvalue weighted by molar-refractivity contribution is 8.02. The largest absolute Gasteiger partial charge is 0.357 e. The summed E-state index contributed by atoms with van der Waals surface area (Å²) in [7, 11) is -2.99. The summed E-state index contributed by atoms with van der Waals surface area (Å²) >= 11 is 2.67. The highest BCUT2D eigenvalue weighted by Gasteiger charge is 2.30. The number of aromatic nitrogens is 2. The van der Waals surface area contributed by atoms with Gasteiger partial charge in [-0.25, -0.2) is 8.42 Å². The standard InChI is InChI=1S/C12H18N4O3S3/c1-3-5-13-11-15-16-12(21-11)20-8(2)10(17)14-9-4-6-22(18,19)7-9/h3,8-9H,1,4-7H2,2H3,(H,13,15)(H,14,17). The summed E-state index contributed by atoms with van der Waals surface area (Å²) in [6.07, 6.45) is 2.21. The Morgan fingerprint density at radius 3 is 3.00 bits per heavy atom. The van der Waals surface area contributed by atoms with E-state index < -0.39 is 9.84 Å². The number of hydrogen-bond donors (Lipinski definition) is 2. The lowest BCUT2D eigenvalue weighted by Crippen LogP contribution is -2.39. The predicted molar refractivity (Wildman–Crippen MR) is 89.1 cm³/mol.